The van der Waals surface area contributed by atoms with Crippen LogP contribution in [0.25, 0.3) is 22.2 Å². The number of carbonyl (C=O) groups is 1. The lowest BCUT2D eigenvalue weighted by Crippen LogP contribution is -2.60. The summed E-state index contributed by atoms with van der Waals surface area (Å²) < 4.78 is 0. The largest absolute Gasteiger partial charge is 0.369 e. The lowest BCUT2D eigenvalue weighted by molar-refractivity contribution is -0.125. The number of hydrogen-bond acceptors (Lipinski definition) is 5. The first kappa shape index (κ1) is 23.2. The van der Waals surface area contributed by atoms with Gasteiger partial charge in [0.2, 0.25) is 11.9 Å². The van der Waals surface area contributed by atoms with E-state index in [1.165, 1.54) is 0 Å². The summed E-state index contributed by atoms with van der Waals surface area (Å²) in [7, 11) is 0. The molecule has 2 aromatic heterocycles. The minimum absolute atomic E-state index is 0.0446. The summed E-state index contributed by atoms with van der Waals surface area (Å²) in [6, 6.07) is 8.36. The van der Waals surface area contributed by atoms with E-state index in [0.717, 1.165) is 40.6 Å². The fraction of sp³-hybridized carbons (Fsp3) is 0.500. The minimum atomic E-state index is -0.623. The summed E-state index contributed by atoms with van der Waals surface area (Å²) in [4.78, 5) is 24.6. The van der Waals surface area contributed by atoms with Gasteiger partial charge in [-0.05, 0) is 58.6 Å². The van der Waals surface area contributed by atoms with Gasteiger partial charge in [-0.2, -0.15) is 0 Å². The standard InChI is InChI=1S/C26H36N6O/c1-24(2,22(27)33)12-16-8-7-9-18-19(15-29-21(16)18)20-10-11-28-23(31-20)30-17-13-25(3,4)32-26(5,6)14-17/h7-11,15,17,29,32H,12-14H2,1-6H3,(H2,27,33)(H,28,30,31). The van der Waals surface area contributed by atoms with E-state index in [4.69, 9.17) is 10.7 Å². The second kappa shape index (κ2) is 8.13. The van der Waals surface area contributed by atoms with Crippen molar-refractivity contribution in [3.63, 3.8) is 0 Å². The number of H-pyrrole nitrogens is 1. The number of aromatic amines is 1. The third-order valence-electron chi connectivity index (χ3n) is 6.56. The first-order valence-electron chi connectivity index (χ1n) is 11.6. The quantitative estimate of drug-likeness (QED) is 0.447. The molecule has 0 aliphatic carbocycles. The SMILES string of the molecule is CC1(C)CC(Nc2nccc(-c3c[nH]c4c(CC(C)(C)C(N)=O)cccc34)n2)CC(C)(C)N1. The highest BCUT2D eigenvalue weighted by molar-refractivity contribution is 5.96. The second-order valence-electron chi connectivity index (χ2n) is 11.4. The number of anilines is 1. The topological polar surface area (TPSA) is 109 Å². The van der Waals surface area contributed by atoms with E-state index in [0.29, 0.717) is 12.4 Å². The number of carbonyl (C=O) groups excluding carboxylic acids is 1. The van der Waals surface area contributed by atoms with Gasteiger partial charge in [0.25, 0.3) is 0 Å². The number of fused-ring (bicyclic) bond motifs is 1. The summed E-state index contributed by atoms with van der Waals surface area (Å²) >= 11 is 0. The van der Waals surface area contributed by atoms with Crippen LogP contribution < -0.4 is 16.4 Å². The normalized spacial score (nSPS) is 18.4. The van der Waals surface area contributed by atoms with Gasteiger partial charge in [0.15, 0.2) is 0 Å². The van der Waals surface area contributed by atoms with Crippen molar-refractivity contribution in [1.82, 2.24) is 20.3 Å². The molecule has 0 saturated carbocycles. The van der Waals surface area contributed by atoms with Gasteiger partial charge in [-0.15, -0.1) is 0 Å². The molecule has 0 radical (unpaired) electrons. The van der Waals surface area contributed by atoms with Crippen LogP contribution in [0.4, 0.5) is 5.95 Å². The summed E-state index contributed by atoms with van der Waals surface area (Å²) in [5.41, 5.74) is 9.02. The molecule has 1 saturated heterocycles. The molecule has 7 nitrogen and oxygen atoms in total. The van der Waals surface area contributed by atoms with Crippen molar-refractivity contribution in [2.75, 3.05) is 5.32 Å². The van der Waals surface area contributed by atoms with Crippen molar-refractivity contribution < 1.29 is 4.79 Å². The Morgan fingerprint density at radius 1 is 1.18 bits per heavy atom. The van der Waals surface area contributed by atoms with Crippen molar-refractivity contribution in [1.29, 1.82) is 0 Å². The summed E-state index contributed by atoms with van der Waals surface area (Å²) in [6.45, 7) is 12.7. The third-order valence-corrected chi connectivity index (χ3v) is 6.56. The summed E-state index contributed by atoms with van der Waals surface area (Å²) in [5.74, 6) is 0.341. The molecule has 4 rings (SSSR count). The van der Waals surface area contributed by atoms with Gasteiger partial charge < -0.3 is 21.4 Å². The maximum atomic E-state index is 11.9. The molecule has 0 spiro atoms. The number of aromatic nitrogens is 3. The number of primary amides is 1. The Balaban J connectivity index is 1.62. The smallest absolute Gasteiger partial charge is 0.223 e. The van der Waals surface area contributed by atoms with Gasteiger partial charge in [-0.1, -0.05) is 32.0 Å². The number of piperidine rings is 1. The van der Waals surface area contributed by atoms with Gasteiger partial charge in [0.05, 0.1) is 5.69 Å². The fourth-order valence-corrected chi connectivity index (χ4v) is 5.32. The molecule has 33 heavy (non-hydrogen) atoms. The highest BCUT2D eigenvalue weighted by Gasteiger charge is 2.37. The number of nitrogens with zero attached hydrogens (tertiary/aromatic N) is 2. The van der Waals surface area contributed by atoms with E-state index in [9.17, 15) is 4.79 Å². The molecule has 3 heterocycles. The Kier molecular flexibility index (Phi) is 5.73. The van der Waals surface area contributed by atoms with Crippen LogP contribution in [0.1, 0.15) is 59.9 Å². The van der Waals surface area contributed by atoms with Crippen LogP contribution >= 0.6 is 0 Å². The highest BCUT2D eigenvalue weighted by atomic mass is 16.1. The fourth-order valence-electron chi connectivity index (χ4n) is 5.32. The van der Waals surface area contributed by atoms with Crippen molar-refractivity contribution in [2.24, 2.45) is 11.1 Å². The Labute approximate surface area is 196 Å². The number of nitrogens with two attached hydrogens (primary N) is 1. The molecule has 3 aromatic rings. The van der Waals surface area contributed by atoms with Crippen LogP contribution in [0, 0.1) is 5.41 Å². The number of para-hydroxylation sites is 1. The van der Waals surface area contributed by atoms with Crippen LogP contribution in [-0.2, 0) is 11.2 Å². The minimum Gasteiger partial charge on any atom is -0.369 e. The molecule has 5 N–H and O–H groups in total. The maximum absolute atomic E-state index is 11.9. The van der Waals surface area contributed by atoms with Crippen molar-refractivity contribution in [3.8, 4) is 11.3 Å². The van der Waals surface area contributed by atoms with Crippen LogP contribution in [0.5, 0.6) is 0 Å². The first-order chi connectivity index (χ1) is 15.4. The highest BCUT2D eigenvalue weighted by Crippen LogP contribution is 2.33. The van der Waals surface area contributed by atoms with Crippen LogP contribution in [0.3, 0.4) is 0 Å². The molecular formula is C26H36N6O. The Bertz CT molecular complexity index is 1160. The number of amides is 1. The predicted molar refractivity (Wildman–Crippen MR) is 134 cm³/mol. The molecule has 1 aliphatic rings. The van der Waals surface area contributed by atoms with E-state index in [1.54, 1.807) is 6.20 Å². The van der Waals surface area contributed by atoms with E-state index >= 15 is 0 Å². The number of nitrogens with one attached hydrogen (secondary N) is 3. The molecular weight excluding hydrogens is 412 g/mol. The molecule has 1 amide bonds. The van der Waals surface area contributed by atoms with Gasteiger partial charge in [-0.25, -0.2) is 9.97 Å². The van der Waals surface area contributed by atoms with Crippen LogP contribution in [0.2, 0.25) is 0 Å². The molecule has 7 heteroatoms. The van der Waals surface area contributed by atoms with E-state index < -0.39 is 5.41 Å². The molecule has 176 valence electrons. The average molecular weight is 449 g/mol. The molecule has 0 bridgehead atoms. The van der Waals surface area contributed by atoms with Gasteiger partial charge in [-0.3, -0.25) is 4.79 Å². The zero-order valence-corrected chi connectivity index (χ0v) is 20.5. The third kappa shape index (κ3) is 5.03. The van der Waals surface area contributed by atoms with Crippen LogP contribution in [-0.4, -0.2) is 38.0 Å². The Morgan fingerprint density at radius 3 is 2.55 bits per heavy atom. The lowest BCUT2D eigenvalue weighted by atomic mass is 9.80. The number of benzene rings is 1. The number of hydrogen-bond donors (Lipinski definition) is 4. The monoisotopic (exact) mass is 448 g/mol. The molecule has 0 atom stereocenters. The van der Waals surface area contributed by atoms with Crippen molar-refractivity contribution >= 4 is 22.8 Å². The lowest BCUT2D eigenvalue weighted by Gasteiger charge is -2.46. The van der Waals surface area contributed by atoms with E-state index in [2.05, 4.69) is 54.4 Å². The van der Waals surface area contributed by atoms with E-state index in [-0.39, 0.29) is 23.0 Å². The summed E-state index contributed by atoms with van der Waals surface area (Å²) in [6.07, 6.45) is 6.35. The molecule has 0 unspecified atom stereocenters. The summed E-state index contributed by atoms with van der Waals surface area (Å²) in [5, 5.41) is 8.36. The first-order valence-corrected chi connectivity index (χ1v) is 11.6. The molecule has 1 aromatic carbocycles. The van der Waals surface area contributed by atoms with Gasteiger partial charge in [0.1, 0.15) is 0 Å². The van der Waals surface area contributed by atoms with Crippen molar-refractivity contribution in [3.05, 3.63) is 42.2 Å². The predicted octanol–water partition coefficient (Wildman–Crippen LogP) is 4.40. The average Bonchev–Trinajstić information content (AvgIpc) is 3.10. The zero-order chi connectivity index (χ0) is 24.0. The second-order valence-corrected chi connectivity index (χ2v) is 11.4. The molecule has 1 aliphatic heterocycles. The van der Waals surface area contributed by atoms with Crippen LogP contribution in [0.15, 0.2) is 36.7 Å². The number of rotatable bonds is 6. The Morgan fingerprint density at radius 2 is 1.88 bits per heavy atom. The van der Waals surface area contributed by atoms with Crippen molar-refractivity contribution in [2.45, 2.75) is 77.9 Å². The maximum Gasteiger partial charge on any atom is 0.223 e. The van der Waals surface area contributed by atoms with E-state index in [1.807, 2.05) is 38.2 Å². The Hall–Kier alpha value is -2.93. The van der Waals surface area contributed by atoms with Gasteiger partial charge >= 0.3 is 0 Å². The van der Waals surface area contributed by atoms with Gasteiger partial charge in [0, 0.05) is 51.4 Å². The molecule has 1 fully saturated rings. The zero-order valence-electron chi connectivity index (χ0n) is 20.5.